The van der Waals surface area contributed by atoms with Crippen LogP contribution in [-0.4, -0.2) is 0 Å². The summed E-state index contributed by atoms with van der Waals surface area (Å²) in [5, 5.41) is 0. The summed E-state index contributed by atoms with van der Waals surface area (Å²) < 4.78 is 1.16. The second-order valence-electron chi connectivity index (χ2n) is 3.34. The minimum Gasteiger partial charge on any atom is -0.324 e. The Morgan fingerprint density at radius 1 is 1.42 bits per heavy atom. The van der Waals surface area contributed by atoms with Crippen LogP contribution in [0.15, 0.2) is 22.7 Å². The minimum absolute atomic E-state index is 0.266. The van der Waals surface area contributed by atoms with Crippen molar-refractivity contribution in [3.63, 3.8) is 0 Å². The molecule has 1 aromatic carbocycles. The summed E-state index contributed by atoms with van der Waals surface area (Å²) >= 11 is 3.47. The van der Waals surface area contributed by atoms with Gasteiger partial charge in [0, 0.05) is 10.5 Å². The summed E-state index contributed by atoms with van der Waals surface area (Å²) in [6.07, 6.45) is 3.54. The maximum absolute atomic E-state index is 5.98. The summed E-state index contributed by atoms with van der Waals surface area (Å²) in [4.78, 5) is 0. The van der Waals surface area contributed by atoms with Crippen LogP contribution in [0.1, 0.15) is 30.0 Å². The lowest BCUT2D eigenvalue weighted by Gasteiger charge is -2.21. The fraction of sp³-hybridized carbons (Fsp3) is 0.400. The first-order valence-corrected chi connectivity index (χ1v) is 5.10. The van der Waals surface area contributed by atoms with Crippen molar-refractivity contribution in [1.29, 1.82) is 0 Å². The lowest BCUT2D eigenvalue weighted by molar-refractivity contribution is 0.570. The molecule has 0 unspecified atom stereocenters. The van der Waals surface area contributed by atoms with Crippen molar-refractivity contribution >= 4 is 15.9 Å². The monoisotopic (exact) mass is 225 g/mol. The van der Waals surface area contributed by atoms with Crippen LogP contribution >= 0.6 is 15.9 Å². The summed E-state index contributed by atoms with van der Waals surface area (Å²) in [6, 6.07) is 6.67. The van der Waals surface area contributed by atoms with Crippen molar-refractivity contribution in [2.24, 2.45) is 5.73 Å². The Morgan fingerprint density at radius 2 is 2.25 bits per heavy atom. The fourth-order valence-electron chi connectivity index (χ4n) is 1.82. The number of hydrogen-bond donors (Lipinski definition) is 1. The van der Waals surface area contributed by atoms with Crippen molar-refractivity contribution in [2.75, 3.05) is 0 Å². The highest BCUT2D eigenvalue weighted by atomic mass is 79.9. The maximum Gasteiger partial charge on any atom is 0.0297 e. The maximum atomic E-state index is 5.98. The lowest BCUT2D eigenvalue weighted by Crippen LogP contribution is -2.17. The van der Waals surface area contributed by atoms with E-state index < -0.39 is 0 Å². The van der Waals surface area contributed by atoms with Gasteiger partial charge in [0.1, 0.15) is 0 Å². The molecule has 0 fully saturated rings. The van der Waals surface area contributed by atoms with Crippen molar-refractivity contribution in [3.8, 4) is 0 Å². The number of rotatable bonds is 0. The zero-order valence-corrected chi connectivity index (χ0v) is 8.47. The van der Waals surface area contributed by atoms with Gasteiger partial charge in [0.15, 0.2) is 0 Å². The van der Waals surface area contributed by atoms with Crippen LogP contribution in [0.2, 0.25) is 0 Å². The number of aryl methyl sites for hydroxylation is 1. The zero-order valence-electron chi connectivity index (χ0n) is 6.89. The van der Waals surface area contributed by atoms with E-state index in [1.807, 2.05) is 0 Å². The molecule has 0 saturated heterocycles. The Labute approximate surface area is 81.1 Å². The topological polar surface area (TPSA) is 26.0 Å². The SMILES string of the molecule is N[C@H]1CCCc2cc(Br)ccc21. The van der Waals surface area contributed by atoms with Gasteiger partial charge in [-0.05, 0) is 42.5 Å². The van der Waals surface area contributed by atoms with Gasteiger partial charge in [-0.3, -0.25) is 0 Å². The second-order valence-corrected chi connectivity index (χ2v) is 4.26. The van der Waals surface area contributed by atoms with Crippen LogP contribution in [0.5, 0.6) is 0 Å². The summed E-state index contributed by atoms with van der Waals surface area (Å²) in [5.74, 6) is 0. The van der Waals surface area contributed by atoms with Crippen molar-refractivity contribution in [3.05, 3.63) is 33.8 Å². The van der Waals surface area contributed by atoms with E-state index in [2.05, 4.69) is 34.1 Å². The number of hydrogen-bond acceptors (Lipinski definition) is 1. The van der Waals surface area contributed by atoms with E-state index in [9.17, 15) is 0 Å². The molecule has 0 spiro atoms. The molecule has 2 heteroatoms. The highest BCUT2D eigenvalue weighted by molar-refractivity contribution is 9.10. The normalized spacial score (nSPS) is 22.0. The van der Waals surface area contributed by atoms with Crippen LogP contribution in [0, 0.1) is 0 Å². The Morgan fingerprint density at radius 3 is 3.08 bits per heavy atom. The number of fused-ring (bicyclic) bond motifs is 1. The molecule has 0 amide bonds. The van der Waals surface area contributed by atoms with Gasteiger partial charge in [-0.25, -0.2) is 0 Å². The highest BCUT2D eigenvalue weighted by Crippen LogP contribution is 2.29. The number of halogens is 1. The van der Waals surface area contributed by atoms with Gasteiger partial charge >= 0.3 is 0 Å². The first kappa shape index (κ1) is 8.27. The van der Waals surface area contributed by atoms with E-state index in [1.165, 1.54) is 24.0 Å². The lowest BCUT2D eigenvalue weighted by atomic mass is 9.88. The Bertz CT molecular complexity index is 296. The molecule has 0 radical (unpaired) electrons. The third-order valence-corrected chi connectivity index (χ3v) is 2.96. The van der Waals surface area contributed by atoms with Crippen molar-refractivity contribution in [2.45, 2.75) is 25.3 Å². The molecule has 0 bridgehead atoms. The molecule has 0 aromatic heterocycles. The van der Waals surface area contributed by atoms with Gasteiger partial charge in [-0.2, -0.15) is 0 Å². The first-order chi connectivity index (χ1) is 5.77. The van der Waals surface area contributed by atoms with Gasteiger partial charge in [-0.15, -0.1) is 0 Å². The average molecular weight is 226 g/mol. The van der Waals surface area contributed by atoms with Crippen LogP contribution in [-0.2, 0) is 6.42 Å². The largest absolute Gasteiger partial charge is 0.324 e. The predicted octanol–water partition coefficient (Wildman–Crippen LogP) is 2.79. The fourth-order valence-corrected chi connectivity index (χ4v) is 2.23. The van der Waals surface area contributed by atoms with Gasteiger partial charge in [0.2, 0.25) is 0 Å². The molecule has 2 rings (SSSR count). The molecule has 1 atom stereocenters. The Balaban J connectivity index is 2.46. The van der Waals surface area contributed by atoms with E-state index >= 15 is 0 Å². The smallest absolute Gasteiger partial charge is 0.0297 e. The first-order valence-electron chi connectivity index (χ1n) is 4.31. The third-order valence-electron chi connectivity index (χ3n) is 2.47. The number of benzene rings is 1. The molecule has 0 heterocycles. The summed E-state index contributed by atoms with van der Waals surface area (Å²) in [7, 11) is 0. The molecule has 1 aromatic rings. The van der Waals surface area contributed by atoms with E-state index in [-0.39, 0.29) is 6.04 Å². The molecule has 0 aliphatic heterocycles. The van der Waals surface area contributed by atoms with Crippen molar-refractivity contribution in [1.82, 2.24) is 0 Å². The minimum atomic E-state index is 0.266. The molecule has 2 N–H and O–H groups in total. The predicted molar refractivity (Wildman–Crippen MR) is 54.0 cm³/mol. The molecule has 1 nitrogen and oxygen atoms in total. The van der Waals surface area contributed by atoms with E-state index in [0.717, 1.165) is 10.9 Å². The van der Waals surface area contributed by atoms with Gasteiger partial charge in [-0.1, -0.05) is 22.0 Å². The average Bonchev–Trinajstić information content (AvgIpc) is 2.04. The number of nitrogens with two attached hydrogens (primary N) is 1. The highest BCUT2D eigenvalue weighted by Gasteiger charge is 2.15. The molecule has 64 valence electrons. The summed E-state index contributed by atoms with van der Waals surface area (Å²) in [5.41, 5.74) is 8.74. The second kappa shape index (κ2) is 3.19. The van der Waals surface area contributed by atoms with Crippen molar-refractivity contribution < 1.29 is 0 Å². The van der Waals surface area contributed by atoms with Gasteiger partial charge in [0.05, 0.1) is 0 Å². The quantitative estimate of drug-likeness (QED) is 0.723. The van der Waals surface area contributed by atoms with E-state index in [0.29, 0.717) is 0 Å². The summed E-state index contributed by atoms with van der Waals surface area (Å²) in [6.45, 7) is 0. The van der Waals surface area contributed by atoms with Gasteiger partial charge < -0.3 is 5.73 Å². The molecular formula is C10H12BrN. The van der Waals surface area contributed by atoms with E-state index in [4.69, 9.17) is 5.73 Å². The van der Waals surface area contributed by atoms with Gasteiger partial charge in [0.25, 0.3) is 0 Å². The Hall–Kier alpha value is -0.340. The van der Waals surface area contributed by atoms with Crippen LogP contribution in [0.4, 0.5) is 0 Å². The zero-order chi connectivity index (χ0) is 8.55. The van der Waals surface area contributed by atoms with Crippen LogP contribution < -0.4 is 5.73 Å². The van der Waals surface area contributed by atoms with Crippen LogP contribution in [0.25, 0.3) is 0 Å². The Kier molecular flexibility index (Phi) is 2.20. The molecule has 1 aliphatic rings. The molecule has 0 saturated carbocycles. The third kappa shape index (κ3) is 1.41. The van der Waals surface area contributed by atoms with E-state index in [1.54, 1.807) is 0 Å². The molecule has 12 heavy (non-hydrogen) atoms. The molecule has 1 aliphatic carbocycles. The van der Waals surface area contributed by atoms with Crippen LogP contribution in [0.3, 0.4) is 0 Å². The molecular weight excluding hydrogens is 214 g/mol. The standard InChI is InChI=1S/C10H12BrN/c11-8-4-5-9-7(6-8)2-1-3-10(9)12/h4-6,10H,1-3,12H2/t10-/m0/s1.